The molecule has 0 spiro atoms. The lowest BCUT2D eigenvalue weighted by atomic mass is 9.83. The number of rotatable bonds is 4. The number of nitrogens with one attached hydrogen (secondary N) is 1. The Morgan fingerprint density at radius 1 is 1.20 bits per heavy atom. The quantitative estimate of drug-likeness (QED) is 0.870. The standard InChI is InChI=1S/C19H14F2N2O2/c20-15-3-1-2-13(18(15)21)8-16(24)17-14(10-23-19(17)25)12-6-4-11(9-22)5-7-12/h1-7,14,17H,8,10H2,(H,23,25)/t14-,17+/m1/s1. The fraction of sp³-hybridized carbons (Fsp3) is 0.211. The van der Waals surface area contributed by atoms with E-state index in [-0.39, 0.29) is 18.5 Å². The van der Waals surface area contributed by atoms with Gasteiger partial charge < -0.3 is 5.32 Å². The first kappa shape index (κ1) is 16.8. The van der Waals surface area contributed by atoms with E-state index in [2.05, 4.69) is 5.32 Å². The number of amides is 1. The topological polar surface area (TPSA) is 70.0 Å². The minimum absolute atomic E-state index is 0.0664. The summed E-state index contributed by atoms with van der Waals surface area (Å²) in [6, 6.07) is 12.3. The molecule has 2 aromatic rings. The number of halogens is 2. The third-order valence-corrected chi connectivity index (χ3v) is 4.39. The Hall–Kier alpha value is -3.07. The van der Waals surface area contributed by atoms with Crippen LogP contribution >= 0.6 is 0 Å². The smallest absolute Gasteiger partial charge is 0.231 e. The fourth-order valence-electron chi connectivity index (χ4n) is 3.09. The summed E-state index contributed by atoms with van der Waals surface area (Å²) >= 11 is 0. The second kappa shape index (κ2) is 6.81. The van der Waals surface area contributed by atoms with Gasteiger partial charge in [-0.1, -0.05) is 24.3 Å². The number of nitriles is 1. The molecule has 126 valence electrons. The van der Waals surface area contributed by atoms with Crippen molar-refractivity contribution in [3.8, 4) is 6.07 Å². The van der Waals surface area contributed by atoms with Gasteiger partial charge in [-0.15, -0.1) is 0 Å². The van der Waals surface area contributed by atoms with E-state index in [9.17, 15) is 18.4 Å². The molecule has 0 unspecified atom stereocenters. The summed E-state index contributed by atoms with van der Waals surface area (Å²) in [4.78, 5) is 24.7. The van der Waals surface area contributed by atoms with Crippen molar-refractivity contribution < 1.29 is 18.4 Å². The number of hydrogen-bond donors (Lipinski definition) is 1. The number of benzene rings is 2. The first-order valence-corrected chi connectivity index (χ1v) is 7.74. The van der Waals surface area contributed by atoms with Crippen LogP contribution in [-0.4, -0.2) is 18.2 Å². The molecule has 0 bridgehead atoms. The van der Waals surface area contributed by atoms with Crippen molar-refractivity contribution in [2.45, 2.75) is 12.3 Å². The van der Waals surface area contributed by atoms with Crippen LogP contribution in [0.15, 0.2) is 42.5 Å². The van der Waals surface area contributed by atoms with Crippen molar-refractivity contribution in [3.63, 3.8) is 0 Å². The second-order valence-electron chi connectivity index (χ2n) is 5.92. The largest absolute Gasteiger partial charge is 0.355 e. The van der Waals surface area contributed by atoms with Crippen LogP contribution in [0.2, 0.25) is 0 Å². The maximum atomic E-state index is 13.8. The van der Waals surface area contributed by atoms with E-state index >= 15 is 0 Å². The van der Waals surface area contributed by atoms with E-state index in [1.54, 1.807) is 24.3 Å². The van der Waals surface area contributed by atoms with Crippen molar-refractivity contribution >= 4 is 11.7 Å². The molecule has 0 radical (unpaired) electrons. The van der Waals surface area contributed by atoms with Gasteiger partial charge in [-0.05, 0) is 29.3 Å². The van der Waals surface area contributed by atoms with Crippen LogP contribution in [0.3, 0.4) is 0 Å². The summed E-state index contributed by atoms with van der Waals surface area (Å²) in [5.41, 5.74) is 1.16. The molecule has 4 nitrogen and oxygen atoms in total. The van der Waals surface area contributed by atoms with E-state index in [1.807, 2.05) is 6.07 Å². The van der Waals surface area contributed by atoms with Gasteiger partial charge in [0.05, 0.1) is 11.6 Å². The molecule has 1 saturated heterocycles. The highest BCUT2D eigenvalue weighted by atomic mass is 19.2. The zero-order valence-electron chi connectivity index (χ0n) is 13.1. The highest BCUT2D eigenvalue weighted by molar-refractivity contribution is 6.04. The molecular weight excluding hydrogens is 326 g/mol. The number of Topliss-reactive ketones (excluding diaryl/α,β-unsaturated/α-hetero) is 1. The number of carbonyl (C=O) groups is 2. The van der Waals surface area contributed by atoms with Gasteiger partial charge in [0.2, 0.25) is 5.91 Å². The molecule has 1 aliphatic rings. The van der Waals surface area contributed by atoms with Gasteiger partial charge in [0, 0.05) is 18.9 Å². The fourth-order valence-corrected chi connectivity index (χ4v) is 3.09. The summed E-state index contributed by atoms with van der Waals surface area (Å²) in [7, 11) is 0. The number of ketones is 1. The van der Waals surface area contributed by atoms with Gasteiger partial charge in [0.15, 0.2) is 11.6 Å². The molecule has 0 saturated carbocycles. The van der Waals surface area contributed by atoms with E-state index in [1.165, 1.54) is 12.1 Å². The molecular formula is C19H14F2N2O2. The molecule has 1 fully saturated rings. The molecule has 6 heteroatoms. The van der Waals surface area contributed by atoms with Crippen LogP contribution in [0.1, 0.15) is 22.6 Å². The maximum Gasteiger partial charge on any atom is 0.231 e. The predicted molar refractivity (Wildman–Crippen MR) is 85.5 cm³/mol. The monoisotopic (exact) mass is 340 g/mol. The molecule has 0 aliphatic carbocycles. The first-order valence-electron chi connectivity index (χ1n) is 7.74. The van der Waals surface area contributed by atoms with Gasteiger partial charge >= 0.3 is 0 Å². The van der Waals surface area contributed by atoms with Crippen LogP contribution in [0.25, 0.3) is 0 Å². The van der Waals surface area contributed by atoms with Crippen LogP contribution in [-0.2, 0) is 16.0 Å². The summed E-state index contributed by atoms with van der Waals surface area (Å²) in [6.45, 7) is 0.284. The van der Waals surface area contributed by atoms with E-state index < -0.39 is 35.2 Å². The Morgan fingerprint density at radius 2 is 1.92 bits per heavy atom. The van der Waals surface area contributed by atoms with Crippen molar-refractivity contribution in [2.75, 3.05) is 6.54 Å². The molecule has 1 N–H and O–H groups in total. The SMILES string of the molecule is N#Cc1ccc([C@H]2CNC(=O)[C@@H]2C(=O)Cc2cccc(F)c2F)cc1. The highest BCUT2D eigenvalue weighted by Crippen LogP contribution is 2.31. The van der Waals surface area contributed by atoms with Gasteiger partial charge in [-0.3, -0.25) is 9.59 Å². The Balaban J connectivity index is 1.85. The van der Waals surface area contributed by atoms with E-state index in [4.69, 9.17) is 5.26 Å². The molecule has 1 aliphatic heterocycles. The summed E-state index contributed by atoms with van der Waals surface area (Å²) in [5.74, 6) is -4.33. The van der Waals surface area contributed by atoms with Gasteiger partial charge in [0.25, 0.3) is 0 Å². The summed E-state index contributed by atoms with van der Waals surface area (Å²) in [6.07, 6.45) is -0.353. The Bertz CT molecular complexity index is 872. The normalized spacial score (nSPS) is 19.3. The lowest BCUT2D eigenvalue weighted by Gasteiger charge is -2.16. The van der Waals surface area contributed by atoms with E-state index in [0.717, 1.165) is 11.6 Å². The molecule has 25 heavy (non-hydrogen) atoms. The maximum absolute atomic E-state index is 13.8. The molecule has 1 heterocycles. The number of carbonyl (C=O) groups excluding carboxylic acids is 2. The van der Waals surface area contributed by atoms with Crippen molar-refractivity contribution in [2.24, 2.45) is 5.92 Å². The molecule has 1 amide bonds. The van der Waals surface area contributed by atoms with Crippen LogP contribution in [0.5, 0.6) is 0 Å². The van der Waals surface area contributed by atoms with Crippen LogP contribution in [0.4, 0.5) is 8.78 Å². The zero-order valence-corrected chi connectivity index (χ0v) is 13.1. The minimum Gasteiger partial charge on any atom is -0.355 e. The molecule has 3 rings (SSSR count). The average Bonchev–Trinajstić information content (AvgIpc) is 3.00. The van der Waals surface area contributed by atoms with Crippen molar-refractivity contribution in [1.82, 2.24) is 5.32 Å². The Labute approximate surface area is 143 Å². The van der Waals surface area contributed by atoms with Crippen molar-refractivity contribution in [3.05, 3.63) is 70.8 Å². The summed E-state index contributed by atoms with van der Waals surface area (Å²) in [5, 5.41) is 11.5. The predicted octanol–water partition coefficient (Wildman–Crippen LogP) is 2.48. The third-order valence-electron chi connectivity index (χ3n) is 4.39. The lowest BCUT2D eigenvalue weighted by molar-refractivity contribution is -0.131. The van der Waals surface area contributed by atoms with E-state index in [0.29, 0.717) is 5.56 Å². The van der Waals surface area contributed by atoms with Gasteiger partial charge in [0.1, 0.15) is 11.7 Å². The third kappa shape index (κ3) is 3.26. The van der Waals surface area contributed by atoms with Crippen LogP contribution < -0.4 is 5.32 Å². The van der Waals surface area contributed by atoms with Crippen molar-refractivity contribution in [1.29, 1.82) is 5.26 Å². The zero-order chi connectivity index (χ0) is 18.0. The number of nitrogens with zero attached hydrogens (tertiary/aromatic N) is 1. The average molecular weight is 340 g/mol. The summed E-state index contributed by atoms with van der Waals surface area (Å²) < 4.78 is 27.1. The van der Waals surface area contributed by atoms with Crippen LogP contribution in [0, 0.1) is 28.9 Å². The van der Waals surface area contributed by atoms with Gasteiger partial charge in [-0.2, -0.15) is 5.26 Å². The lowest BCUT2D eigenvalue weighted by Crippen LogP contribution is -2.28. The minimum atomic E-state index is -1.07. The molecule has 2 aromatic carbocycles. The molecule has 0 aromatic heterocycles. The molecule has 2 atom stereocenters. The highest BCUT2D eigenvalue weighted by Gasteiger charge is 2.40. The second-order valence-corrected chi connectivity index (χ2v) is 5.92. The Kier molecular flexibility index (Phi) is 4.57. The van der Waals surface area contributed by atoms with Gasteiger partial charge in [-0.25, -0.2) is 8.78 Å². The Morgan fingerprint density at radius 3 is 2.60 bits per heavy atom. The first-order chi connectivity index (χ1) is 12.0. The number of hydrogen-bond acceptors (Lipinski definition) is 3.